The summed E-state index contributed by atoms with van der Waals surface area (Å²) in [5.74, 6) is 6.03. The average Bonchev–Trinajstić information content (AvgIpc) is 3.20. The molecule has 0 bridgehead atoms. The van der Waals surface area contributed by atoms with Crippen LogP contribution in [0.5, 0.6) is 0 Å². The summed E-state index contributed by atoms with van der Waals surface area (Å²) in [7, 11) is 1.36. The lowest BCUT2D eigenvalue weighted by Crippen LogP contribution is -2.34. The third-order valence-electron chi connectivity index (χ3n) is 5.94. The molecular formula is C28H31NO4. The Morgan fingerprint density at radius 1 is 1.21 bits per heavy atom. The smallest absolute Gasteiger partial charge is 0.337 e. The number of nitrogens with zero attached hydrogens (tertiary/aromatic N) is 1. The maximum atomic E-state index is 12.4. The summed E-state index contributed by atoms with van der Waals surface area (Å²) in [5, 5.41) is 10.5. The number of hydrogen-bond donors (Lipinski definition) is 1. The Balaban J connectivity index is 1.52. The molecule has 1 fully saturated rings. The Morgan fingerprint density at radius 3 is 2.64 bits per heavy atom. The summed E-state index contributed by atoms with van der Waals surface area (Å²) in [4.78, 5) is 25.8. The highest BCUT2D eigenvalue weighted by Crippen LogP contribution is 2.21. The molecule has 5 heteroatoms. The predicted molar refractivity (Wildman–Crippen MR) is 128 cm³/mol. The van der Waals surface area contributed by atoms with E-state index < -0.39 is 6.10 Å². The monoisotopic (exact) mass is 445 g/mol. The predicted octanol–water partition coefficient (Wildman–Crippen LogP) is 4.00. The Bertz CT molecular complexity index is 1020. The number of rotatable bonds is 8. The number of hydrogen-bond acceptors (Lipinski definition) is 4. The number of carbonyl (C=O) groups excluding carboxylic acids is 2. The van der Waals surface area contributed by atoms with Crippen LogP contribution in [0.25, 0.3) is 0 Å². The number of esters is 1. The molecule has 3 rings (SSSR count). The topological polar surface area (TPSA) is 66.8 Å². The molecule has 0 aliphatic carbocycles. The van der Waals surface area contributed by atoms with Crippen LogP contribution in [0.1, 0.15) is 47.7 Å². The molecule has 1 aliphatic rings. The van der Waals surface area contributed by atoms with Crippen molar-refractivity contribution >= 4 is 11.9 Å². The average molecular weight is 446 g/mol. The van der Waals surface area contributed by atoms with Gasteiger partial charge in [0.15, 0.2) is 0 Å². The van der Waals surface area contributed by atoms with E-state index in [-0.39, 0.29) is 23.8 Å². The minimum absolute atomic E-state index is 0.00339. The van der Waals surface area contributed by atoms with Crippen molar-refractivity contribution in [3.05, 3.63) is 83.4 Å². The van der Waals surface area contributed by atoms with Gasteiger partial charge in [-0.3, -0.25) is 4.79 Å². The second kappa shape index (κ2) is 12.0. The number of amides is 1. The molecule has 2 aromatic carbocycles. The zero-order valence-corrected chi connectivity index (χ0v) is 19.2. The SMILES string of the molecule is COC(=O)c1ccc(CCN2C(=O)CC[C@@H]2/C=C/[C@H](O)C(C)CC#Cc2ccccc2)cc1. The zero-order valence-electron chi connectivity index (χ0n) is 19.2. The summed E-state index contributed by atoms with van der Waals surface area (Å²) in [6.07, 6.45) is 5.71. The van der Waals surface area contributed by atoms with Crippen molar-refractivity contribution in [1.82, 2.24) is 4.90 Å². The molecule has 0 spiro atoms. The number of aliphatic hydroxyl groups excluding tert-OH is 1. The van der Waals surface area contributed by atoms with Crippen molar-refractivity contribution in [2.24, 2.45) is 5.92 Å². The lowest BCUT2D eigenvalue weighted by molar-refractivity contribution is -0.128. The van der Waals surface area contributed by atoms with E-state index in [9.17, 15) is 14.7 Å². The summed E-state index contributed by atoms with van der Waals surface area (Å²) in [5.41, 5.74) is 2.53. The fourth-order valence-corrected chi connectivity index (χ4v) is 3.81. The second-order valence-corrected chi connectivity index (χ2v) is 8.36. The Kier molecular flexibility index (Phi) is 8.86. The quantitative estimate of drug-likeness (QED) is 0.379. The van der Waals surface area contributed by atoms with Crippen LogP contribution in [0.15, 0.2) is 66.7 Å². The number of methoxy groups -OCH3 is 1. The standard InChI is InChI=1S/C28H31NO4/c1-21(7-6-10-22-8-4-3-5-9-22)26(30)17-15-25-16-18-27(31)29(25)20-19-23-11-13-24(14-12-23)28(32)33-2/h3-5,8-9,11-15,17,21,25-26,30H,7,16,18-20H2,1-2H3/b17-15+/t21?,25-,26-/m0/s1. The number of benzene rings is 2. The lowest BCUT2D eigenvalue weighted by Gasteiger charge is -2.23. The van der Waals surface area contributed by atoms with Gasteiger partial charge in [0.1, 0.15) is 0 Å². The van der Waals surface area contributed by atoms with Crippen molar-refractivity contribution in [3.63, 3.8) is 0 Å². The molecule has 1 aliphatic heterocycles. The molecule has 1 amide bonds. The van der Waals surface area contributed by atoms with E-state index in [2.05, 4.69) is 11.8 Å². The van der Waals surface area contributed by atoms with E-state index in [1.54, 1.807) is 18.2 Å². The molecular weight excluding hydrogens is 414 g/mol. The Hall–Kier alpha value is -3.36. The molecule has 0 saturated carbocycles. The molecule has 1 unspecified atom stereocenters. The minimum atomic E-state index is -0.613. The van der Waals surface area contributed by atoms with E-state index in [0.29, 0.717) is 31.4 Å². The van der Waals surface area contributed by atoms with E-state index in [0.717, 1.165) is 17.5 Å². The largest absolute Gasteiger partial charge is 0.465 e. The van der Waals surface area contributed by atoms with Gasteiger partial charge in [-0.2, -0.15) is 0 Å². The van der Waals surface area contributed by atoms with Crippen LogP contribution >= 0.6 is 0 Å². The van der Waals surface area contributed by atoms with Gasteiger partial charge in [-0.05, 0) is 48.6 Å². The van der Waals surface area contributed by atoms with Gasteiger partial charge in [-0.15, -0.1) is 0 Å². The molecule has 2 aromatic rings. The minimum Gasteiger partial charge on any atom is -0.465 e. The number of likely N-dealkylation sites (tertiary alicyclic amines) is 1. The molecule has 172 valence electrons. The number of ether oxygens (including phenoxy) is 1. The van der Waals surface area contributed by atoms with E-state index in [1.165, 1.54) is 7.11 Å². The van der Waals surface area contributed by atoms with Gasteiger partial charge >= 0.3 is 5.97 Å². The van der Waals surface area contributed by atoms with E-state index in [1.807, 2.05) is 60.4 Å². The summed E-state index contributed by atoms with van der Waals surface area (Å²) in [6.45, 7) is 2.57. The first kappa shape index (κ1) is 24.3. The Labute approximate surface area is 196 Å². The van der Waals surface area contributed by atoms with Crippen LogP contribution in [-0.2, 0) is 16.0 Å². The molecule has 1 heterocycles. The number of carbonyl (C=O) groups is 2. The first-order chi connectivity index (χ1) is 16.0. The second-order valence-electron chi connectivity index (χ2n) is 8.36. The maximum Gasteiger partial charge on any atom is 0.337 e. The highest BCUT2D eigenvalue weighted by molar-refractivity contribution is 5.89. The van der Waals surface area contributed by atoms with Crippen LogP contribution in [0.3, 0.4) is 0 Å². The maximum absolute atomic E-state index is 12.4. The molecule has 33 heavy (non-hydrogen) atoms. The molecule has 1 N–H and O–H groups in total. The molecule has 0 radical (unpaired) electrons. The van der Waals surface area contributed by atoms with Crippen molar-refractivity contribution in [1.29, 1.82) is 0 Å². The van der Waals surface area contributed by atoms with Crippen LogP contribution in [-0.4, -0.2) is 47.7 Å². The van der Waals surface area contributed by atoms with Crippen molar-refractivity contribution in [2.45, 2.75) is 44.8 Å². The Morgan fingerprint density at radius 2 is 1.94 bits per heavy atom. The number of aliphatic hydroxyl groups is 1. The van der Waals surface area contributed by atoms with Crippen molar-refractivity contribution < 1.29 is 19.4 Å². The zero-order chi connectivity index (χ0) is 23.6. The molecule has 3 atom stereocenters. The summed E-state index contributed by atoms with van der Waals surface area (Å²) >= 11 is 0. The van der Waals surface area contributed by atoms with Crippen molar-refractivity contribution in [2.75, 3.05) is 13.7 Å². The highest BCUT2D eigenvalue weighted by Gasteiger charge is 2.28. The summed E-state index contributed by atoms with van der Waals surface area (Å²) < 4.78 is 4.72. The van der Waals surface area contributed by atoms with Crippen LogP contribution < -0.4 is 0 Å². The van der Waals surface area contributed by atoms with Crippen molar-refractivity contribution in [3.8, 4) is 11.8 Å². The lowest BCUT2D eigenvalue weighted by atomic mass is 9.99. The van der Waals surface area contributed by atoms with Crippen LogP contribution in [0.2, 0.25) is 0 Å². The van der Waals surface area contributed by atoms with Gasteiger partial charge in [0, 0.05) is 24.9 Å². The first-order valence-corrected chi connectivity index (χ1v) is 11.3. The molecule has 1 saturated heterocycles. The van der Waals surface area contributed by atoms with Gasteiger partial charge in [-0.25, -0.2) is 4.79 Å². The van der Waals surface area contributed by atoms with Crippen LogP contribution in [0.4, 0.5) is 0 Å². The fourth-order valence-electron chi connectivity index (χ4n) is 3.81. The van der Waals surface area contributed by atoms with Gasteiger partial charge in [0.2, 0.25) is 5.91 Å². The highest BCUT2D eigenvalue weighted by atomic mass is 16.5. The fraction of sp³-hybridized carbons (Fsp3) is 0.357. The van der Waals surface area contributed by atoms with Crippen LogP contribution in [0, 0.1) is 17.8 Å². The first-order valence-electron chi connectivity index (χ1n) is 11.3. The molecule has 0 aromatic heterocycles. The van der Waals surface area contributed by atoms with E-state index in [4.69, 9.17) is 4.74 Å². The van der Waals surface area contributed by atoms with Gasteiger partial charge in [0.05, 0.1) is 24.8 Å². The summed E-state index contributed by atoms with van der Waals surface area (Å²) in [6, 6.07) is 17.0. The normalized spacial score (nSPS) is 17.5. The molecule has 5 nitrogen and oxygen atoms in total. The van der Waals surface area contributed by atoms with Gasteiger partial charge < -0.3 is 14.7 Å². The van der Waals surface area contributed by atoms with Gasteiger partial charge in [0.25, 0.3) is 0 Å². The third-order valence-corrected chi connectivity index (χ3v) is 5.94. The third kappa shape index (κ3) is 7.06. The van der Waals surface area contributed by atoms with Gasteiger partial charge in [-0.1, -0.05) is 61.2 Å². The van der Waals surface area contributed by atoms with E-state index >= 15 is 0 Å².